The molecular weight excluding hydrogens is 200 g/mol. The monoisotopic (exact) mass is 222 g/mol. The van der Waals surface area contributed by atoms with E-state index >= 15 is 0 Å². The quantitative estimate of drug-likeness (QED) is 0.770. The first-order valence-corrected chi connectivity index (χ1v) is 5.87. The van der Waals surface area contributed by atoms with Crippen molar-refractivity contribution in [3.63, 3.8) is 0 Å². The second-order valence-electron chi connectivity index (χ2n) is 3.98. The van der Waals surface area contributed by atoms with Crippen molar-refractivity contribution in [2.75, 3.05) is 30.7 Å². The maximum absolute atomic E-state index is 5.63. The highest BCUT2D eigenvalue weighted by atomic mass is 15.1. The van der Waals surface area contributed by atoms with E-state index < -0.39 is 0 Å². The number of nitrogens with one attached hydrogen (secondary N) is 1. The third kappa shape index (κ3) is 4.06. The lowest BCUT2D eigenvalue weighted by Crippen LogP contribution is -2.34. The van der Waals surface area contributed by atoms with E-state index in [1.54, 1.807) is 6.07 Å². The fourth-order valence-corrected chi connectivity index (χ4v) is 1.70. The van der Waals surface area contributed by atoms with Gasteiger partial charge in [-0.15, -0.1) is 0 Å². The molecule has 0 aliphatic rings. The topological polar surface area (TPSA) is 54.2 Å². The molecule has 0 saturated heterocycles. The Morgan fingerprint density at radius 3 is 2.62 bits per heavy atom. The van der Waals surface area contributed by atoms with Gasteiger partial charge in [0, 0.05) is 12.6 Å². The van der Waals surface area contributed by atoms with Crippen molar-refractivity contribution in [3.05, 3.63) is 18.2 Å². The predicted molar refractivity (Wildman–Crippen MR) is 69.5 cm³/mol. The Hall–Kier alpha value is -1.29. The Bertz CT molecular complexity index is 310. The van der Waals surface area contributed by atoms with Gasteiger partial charge in [-0.3, -0.25) is 0 Å². The van der Waals surface area contributed by atoms with Crippen LogP contribution in [0, 0.1) is 0 Å². The zero-order valence-corrected chi connectivity index (χ0v) is 10.4. The normalized spacial score (nSPS) is 12.8. The largest absolute Gasteiger partial charge is 0.384 e. The summed E-state index contributed by atoms with van der Waals surface area (Å²) in [5.74, 6) is 1.40. The van der Waals surface area contributed by atoms with Crippen molar-refractivity contribution in [2.24, 2.45) is 0 Å². The molecule has 0 saturated carbocycles. The van der Waals surface area contributed by atoms with E-state index in [-0.39, 0.29) is 0 Å². The molecule has 0 aromatic carbocycles. The number of pyridine rings is 1. The summed E-state index contributed by atoms with van der Waals surface area (Å²) < 4.78 is 0. The van der Waals surface area contributed by atoms with Crippen LogP contribution in [0.1, 0.15) is 20.8 Å². The molecule has 0 amide bonds. The number of aromatic nitrogens is 1. The molecule has 0 aliphatic carbocycles. The van der Waals surface area contributed by atoms with Crippen LogP contribution in [0.3, 0.4) is 0 Å². The first-order chi connectivity index (χ1) is 7.65. The summed E-state index contributed by atoms with van der Waals surface area (Å²) in [7, 11) is 0. The summed E-state index contributed by atoms with van der Waals surface area (Å²) in [6.45, 7) is 9.68. The smallest absolute Gasteiger partial charge is 0.128 e. The minimum absolute atomic E-state index is 0.370. The Balaban J connectivity index is 2.47. The van der Waals surface area contributed by atoms with Crippen molar-refractivity contribution in [1.82, 2.24) is 9.88 Å². The standard InChI is InChI=1S/C12H22N4/c1-4-16(5-2)9-10(3)14-12-8-6-7-11(13)15-12/h6-8,10H,4-5,9H2,1-3H3,(H3,13,14,15). The highest BCUT2D eigenvalue weighted by Crippen LogP contribution is 2.07. The third-order valence-electron chi connectivity index (χ3n) is 2.59. The maximum Gasteiger partial charge on any atom is 0.128 e. The second kappa shape index (κ2) is 6.33. The lowest BCUT2D eigenvalue weighted by molar-refractivity contribution is 0.294. The molecule has 3 N–H and O–H groups in total. The third-order valence-corrected chi connectivity index (χ3v) is 2.59. The van der Waals surface area contributed by atoms with Crippen LogP contribution < -0.4 is 11.1 Å². The number of rotatable bonds is 6. The van der Waals surface area contributed by atoms with E-state index in [4.69, 9.17) is 5.73 Å². The van der Waals surface area contributed by atoms with Crippen molar-refractivity contribution >= 4 is 11.6 Å². The Morgan fingerprint density at radius 1 is 1.38 bits per heavy atom. The molecule has 1 heterocycles. The molecule has 0 bridgehead atoms. The van der Waals surface area contributed by atoms with Gasteiger partial charge in [-0.2, -0.15) is 0 Å². The van der Waals surface area contributed by atoms with E-state index in [9.17, 15) is 0 Å². The van der Waals surface area contributed by atoms with Crippen molar-refractivity contribution < 1.29 is 0 Å². The van der Waals surface area contributed by atoms with E-state index in [1.807, 2.05) is 12.1 Å². The average Bonchev–Trinajstić information content (AvgIpc) is 2.26. The molecule has 1 unspecified atom stereocenters. The zero-order chi connectivity index (χ0) is 12.0. The van der Waals surface area contributed by atoms with Crippen molar-refractivity contribution in [3.8, 4) is 0 Å². The lowest BCUT2D eigenvalue weighted by Gasteiger charge is -2.23. The number of nitrogen functional groups attached to an aromatic ring is 1. The van der Waals surface area contributed by atoms with Crippen LogP contribution in [-0.4, -0.2) is 35.6 Å². The molecule has 90 valence electrons. The van der Waals surface area contributed by atoms with Crippen LogP contribution in [0.2, 0.25) is 0 Å². The molecule has 0 spiro atoms. The van der Waals surface area contributed by atoms with Crippen LogP contribution >= 0.6 is 0 Å². The van der Waals surface area contributed by atoms with Gasteiger partial charge in [0.25, 0.3) is 0 Å². The molecular formula is C12H22N4. The average molecular weight is 222 g/mol. The van der Waals surface area contributed by atoms with Crippen LogP contribution in [0.5, 0.6) is 0 Å². The minimum Gasteiger partial charge on any atom is -0.384 e. The SMILES string of the molecule is CCN(CC)CC(C)Nc1cccc(N)n1. The molecule has 1 aromatic heterocycles. The predicted octanol–water partition coefficient (Wildman–Crippen LogP) is 1.81. The second-order valence-corrected chi connectivity index (χ2v) is 3.98. The number of hydrogen-bond donors (Lipinski definition) is 2. The Morgan fingerprint density at radius 2 is 2.06 bits per heavy atom. The maximum atomic E-state index is 5.63. The van der Waals surface area contributed by atoms with Gasteiger partial charge < -0.3 is 16.0 Å². The molecule has 4 nitrogen and oxygen atoms in total. The van der Waals surface area contributed by atoms with E-state index in [1.165, 1.54) is 0 Å². The van der Waals surface area contributed by atoms with Crippen LogP contribution in [0.4, 0.5) is 11.6 Å². The van der Waals surface area contributed by atoms with Crippen LogP contribution in [0.15, 0.2) is 18.2 Å². The summed E-state index contributed by atoms with van der Waals surface area (Å²) in [5, 5.41) is 3.35. The summed E-state index contributed by atoms with van der Waals surface area (Å²) in [5.41, 5.74) is 5.63. The molecule has 4 heteroatoms. The fraction of sp³-hybridized carbons (Fsp3) is 0.583. The van der Waals surface area contributed by atoms with Crippen molar-refractivity contribution in [1.29, 1.82) is 0 Å². The molecule has 0 radical (unpaired) electrons. The lowest BCUT2D eigenvalue weighted by atomic mass is 10.3. The van der Waals surface area contributed by atoms with Gasteiger partial charge in [-0.25, -0.2) is 4.98 Å². The number of anilines is 2. The summed E-state index contributed by atoms with van der Waals surface area (Å²) >= 11 is 0. The first-order valence-electron chi connectivity index (χ1n) is 5.87. The first kappa shape index (κ1) is 12.8. The van der Waals surface area contributed by atoms with E-state index in [2.05, 4.69) is 36.0 Å². The highest BCUT2D eigenvalue weighted by molar-refractivity contribution is 5.42. The van der Waals surface area contributed by atoms with Gasteiger partial charge in [0.05, 0.1) is 0 Å². The van der Waals surface area contributed by atoms with Gasteiger partial charge in [0.1, 0.15) is 11.6 Å². The van der Waals surface area contributed by atoms with Gasteiger partial charge in [0.15, 0.2) is 0 Å². The van der Waals surface area contributed by atoms with Gasteiger partial charge in [-0.05, 0) is 32.1 Å². The molecule has 16 heavy (non-hydrogen) atoms. The molecule has 0 aliphatic heterocycles. The van der Waals surface area contributed by atoms with Crippen molar-refractivity contribution in [2.45, 2.75) is 26.8 Å². The zero-order valence-electron chi connectivity index (χ0n) is 10.4. The van der Waals surface area contributed by atoms with Gasteiger partial charge in [-0.1, -0.05) is 19.9 Å². The molecule has 1 atom stereocenters. The summed E-state index contributed by atoms with van der Waals surface area (Å²) in [6, 6.07) is 6.01. The van der Waals surface area contributed by atoms with Crippen LogP contribution in [-0.2, 0) is 0 Å². The number of nitrogens with zero attached hydrogens (tertiary/aromatic N) is 2. The number of hydrogen-bond acceptors (Lipinski definition) is 4. The Labute approximate surface area is 97.9 Å². The summed E-state index contributed by atoms with van der Waals surface area (Å²) in [6.07, 6.45) is 0. The van der Waals surface area contributed by atoms with Gasteiger partial charge in [0.2, 0.25) is 0 Å². The Kier molecular flexibility index (Phi) is 5.05. The molecule has 1 rings (SSSR count). The van der Waals surface area contributed by atoms with E-state index in [0.717, 1.165) is 25.5 Å². The highest BCUT2D eigenvalue weighted by Gasteiger charge is 2.07. The van der Waals surface area contributed by atoms with E-state index in [0.29, 0.717) is 11.9 Å². The number of likely N-dealkylation sites (N-methyl/N-ethyl adjacent to an activating group) is 1. The fourth-order valence-electron chi connectivity index (χ4n) is 1.70. The van der Waals surface area contributed by atoms with Crippen LogP contribution in [0.25, 0.3) is 0 Å². The molecule has 1 aromatic rings. The van der Waals surface area contributed by atoms with Gasteiger partial charge >= 0.3 is 0 Å². The minimum atomic E-state index is 0.370. The number of nitrogens with two attached hydrogens (primary N) is 1. The molecule has 0 fully saturated rings. The summed E-state index contributed by atoms with van der Waals surface area (Å²) in [4.78, 5) is 6.60.